The molecule has 0 unspecified atom stereocenters. The first kappa shape index (κ1) is 17.2. The molecule has 5 rings (SSSR count). The van der Waals surface area contributed by atoms with Crippen molar-refractivity contribution < 1.29 is 28.0 Å². The van der Waals surface area contributed by atoms with Gasteiger partial charge in [0.25, 0.3) is 5.91 Å². The number of rotatable bonds is 3. The molecule has 0 radical (unpaired) electrons. The maximum atomic E-state index is 15.3. The highest BCUT2D eigenvalue weighted by Crippen LogP contribution is 2.42. The van der Waals surface area contributed by atoms with E-state index in [-0.39, 0.29) is 24.6 Å². The highest BCUT2D eigenvalue weighted by molar-refractivity contribution is 5.96. The zero-order valence-electron chi connectivity index (χ0n) is 14.8. The van der Waals surface area contributed by atoms with Crippen LogP contribution in [0.1, 0.15) is 5.56 Å². The summed E-state index contributed by atoms with van der Waals surface area (Å²) >= 11 is 0. The number of hydrogen-bond acceptors (Lipinski definition) is 7. The van der Waals surface area contributed by atoms with Crippen molar-refractivity contribution in [1.82, 2.24) is 15.4 Å². The number of aromatic nitrogens is 3. The molecule has 2 aromatic heterocycles. The summed E-state index contributed by atoms with van der Waals surface area (Å²) in [5.74, 6) is -1.08. The van der Waals surface area contributed by atoms with E-state index in [2.05, 4.69) is 15.4 Å². The Labute approximate surface area is 162 Å². The van der Waals surface area contributed by atoms with Crippen molar-refractivity contribution in [3.05, 3.63) is 35.8 Å². The molecule has 10 nitrogen and oxygen atoms in total. The number of benzene rings is 1. The number of carbonyl (C=O) groups is 2. The molecule has 1 atom stereocenters. The number of hydrogen-bond donors (Lipinski definition) is 2. The molecule has 0 bridgehead atoms. The highest BCUT2D eigenvalue weighted by Gasteiger charge is 2.38. The van der Waals surface area contributed by atoms with Gasteiger partial charge in [-0.2, -0.15) is 5.10 Å². The quantitative estimate of drug-likeness (QED) is 0.683. The van der Waals surface area contributed by atoms with Crippen LogP contribution in [0.2, 0.25) is 0 Å². The van der Waals surface area contributed by atoms with Gasteiger partial charge in [-0.3, -0.25) is 14.8 Å². The monoisotopic (exact) mass is 399 g/mol. The molecule has 2 amide bonds. The molecule has 1 fully saturated rings. The minimum absolute atomic E-state index is 0.0238. The summed E-state index contributed by atoms with van der Waals surface area (Å²) < 4.78 is 31.0. The van der Waals surface area contributed by atoms with Crippen LogP contribution in [0.3, 0.4) is 0 Å². The van der Waals surface area contributed by atoms with Crippen LogP contribution in [0.5, 0.6) is 5.75 Å². The Balaban J connectivity index is 1.57. The largest absolute Gasteiger partial charge is 0.489 e. The third-order valence-corrected chi connectivity index (χ3v) is 4.90. The standard InChI is InChI=1S/C18H14FN5O5/c19-13-10(24-7-12(17(20)25)28-18(24)26)2-1-9-14-8(4-6-27-16(9)13)15(23-22-14)11-3-5-21-29-11/h1-3,5,12H,4,6-7H2,(H2,20,25)(H,22,23)/t12-/m1/s1. The second-order valence-corrected chi connectivity index (χ2v) is 6.56. The van der Waals surface area contributed by atoms with Gasteiger partial charge in [-0.05, 0) is 12.1 Å². The summed E-state index contributed by atoms with van der Waals surface area (Å²) in [4.78, 5) is 24.4. The van der Waals surface area contributed by atoms with Gasteiger partial charge in [0.15, 0.2) is 23.4 Å². The molecule has 11 heteroatoms. The van der Waals surface area contributed by atoms with Crippen molar-refractivity contribution >= 4 is 17.7 Å². The fourth-order valence-corrected chi connectivity index (χ4v) is 3.53. The number of H-pyrrole nitrogens is 1. The van der Waals surface area contributed by atoms with Gasteiger partial charge in [-0.25, -0.2) is 9.18 Å². The molecule has 0 aliphatic carbocycles. The van der Waals surface area contributed by atoms with Crippen molar-refractivity contribution in [2.45, 2.75) is 12.5 Å². The Bertz CT molecular complexity index is 1130. The number of anilines is 1. The lowest BCUT2D eigenvalue weighted by atomic mass is 10.0. The summed E-state index contributed by atoms with van der Waals surface area (Å²) in [5.41, 5.74) is 7.55. The van der Waals surface area contributed by atoms with E-state index in [0.717, 1.165) is 10.5 Å². The second-order valence-electron chi connectivity index (χ2n) is 6.56. The molecule has 2 aliphatic heterocycles. The molecule has 1 aromatic carbocycles. The van der Waals surface area contributed by atoms with Crippen LogP contribution in [-0.2, 0) is 16.0 Å². The van der Waals surface area contributed by atoms with E-state index in [0.29, 0.717) is 29.1 Å². The number of amides is 2. The SMILES string of the molecule is NC(=O)[C@H]1CN(c2ccc3c(c2F)OCCc2c(-c4ccno4)n[nH]c2-3)C(=O)O1. The second kappa shape index (κ2) is 6.33. The lowest BCUT2D eigenvalue weighted by Gasteiger charge is -2.17. The van der Waals surface area contributed by atoms with Crippen LogP contribution < -0.4 is 15.4 Å². The lowest BCUT2D eigenvalue weighted by molar-refractivity contribution is -0.124. The van der Waals surface area contributed by atoms with Gasteiger partial charge >= 0.3 is 6.09 Å². The number of nitrogens with one attached hydrogen (secondary N) is 1. The molecular weight excluding hydrogens is 385 g/mol. The number of primary amides is 1. The number of halogens is 1. The van der Waals surface area contributed by atoms with Gasteiger partial charge in [-0.1, -0.05) is 5.16 Å². The molecule has 0 spiro atoms. The number of nitrogens with zero attached hydrogens (tertiary/aromatic N) is 3. The van der Waals surface area contributed by atoms with Crippen LogP contribution >= 0.6 is 0 Å². The third-order valence-electron chi connectivity index (χ3n) is 4.90. The molecule has 1 saturated heterocycles. The fourth-order valence-electron chi connectivity index (χ4n) is 3.53. The smallest absolute Gasteiger partial charge is 0.415 e. The molecule has 148 valence electrons. The van der Waals surface area contributed by atoms with Gasteiger partial charge in [-0.15, -0.1) is 0 Å². The molecular formula is C18H14FN5O5. The summed E-state index contributed by atoms with van der Waals surface area (Å²) in [6, 6.07) is 4.72. The third kappa shape index (κ3) is 2.62. The first-order valence-electron chi connectivity index (χ1n) is 8.76. The van der Waals surface area contributed by atoms with Crippen molar-refractivity contribution in [2.75, 3.05) is 18.1 Å². The molecule has 4 heterocycles. The predicted octanol–water partition coefficient (Wildman–Crippen LogP) is 1.62. The van der Waals surface area contributed by atoms with Gasteiger partial charge in [0.05, 0.1) is 30.7 Å². The summed E-state index contributed by atoms with van der Waals surface area (Å²) in [7, 11) is 0. The Morgan fingerprint density at radius 3 is 2.93 bits per heavy atom. The molecule has 3 N–H and O–H groups in total. The maximum Gasteiger partial charge on any atom is 0.415 e. The number of fused-ring (bicyclic) bond motifs is 3. The first-order valence-corrected chi connectivity index (χ1v) is 8.76. The van der Waals surface area contributed by atoms with Gasteiger partial charge in [0.1, 0.15) is 5.69 Å². The van der Waals surface area contributed by atoms with Crippen molar-refractivity contribution in [3.8, 4) is 28.5 Å². The number of carbonyl (C=O) groups excluding carboxylic acids is 2. The lowest BCUT2D eigenvalue weighted by Crippen LogP contribution is -2.32. The number of cyclic esters (lactones) is 1. The van der Waals surface area contributed by atoms with Gasteiger partial charge in [0.2, 0.25) is 0 Å². The number of ether oxygens (including phenoxy) is 2. The van der Waals surface area contributed by atoms with Crippen LogP contribution in [-0.4, -0.2) is 46.6 Å². The van der Waals surface area contributed by atoms with Crippen molar-refractivity contribution in [3.63, 3.8) is 0 Å². The first-order chi connectivity index (χ1) is 14.0. The summed E-state index contributed by atoms with van der Waals surface area (Å²) in [6.07, 6.45) is -0.0138. The average molecular weight is 399 g/mol. The van der Waals surface area contributed by atoms with E-state index in [9.17, 15) is 9.59 Å². The van der Waals surface area contributed by atoms with E-state index < -0.39 is 23.9 Å². The summed E-state index contributed by atoms with van der Waals surface area (Å²) in [6.45, 7) is 0.0181. The molecule has 3 aromatic rings. The van der Waals surface area contributed by atoms with E-state index in [1.165, 1.54) is 12.3 Å². The topological polar surface area (TPSA) is 137 Å². The Morgan fingerprint density at radius 1 is 1.34 bits per heavy atom. The van der Waals surface area contributed by atoms with E-state index in [1.807, 2.05) is 0 Å². The number of nitrogens with two attached hydrogens (primary N) is 1. The molecule has 29 heavy (non-hydrogen) atoms. The molecule has 2 aliphatic rings. The average Bonchev–Trinajstić information content (AvgIpc) is 3.41. The van der Waals surface area contributed by atoms with Crippen molar-refractivity contribution in [1.29, 1.82) is 0 Å². The predicted molar refractivity (Wildman–Crippen MR) is 95.5 cm³/mol. The minimum atomic E-state index is -1.13. The Hall–Kier alpha value is -3.89. The van der Waals surface area contributed by atoms with Crippen LogP contribution in [0.4, 0.5) is 14.9 Å². The van der Waals surface area contributed by atoms with Crippen LogP contribution in [0.25, 0.3) is 22.7 Å². The minimum Gasteiger partial charge on any atom is -0.489 e. The fraction of sp³-hybridized carbons (Fsp3) is 0.222. The van der Waals surface area contributed by atoms with Gasteiger partial charge < -0.3 is 19.7 Å². The molecule has 0 saturated carbocycles. The maximum absolute atomic E-state index is 15.3. The van der Waals surface area contributed by atoms with E-state index in [1.54, 1.807) is 12.1 Å². The van der Waals surface area contributed by atoms with E-state index >= 15 is 4.39 Å². The highest BCUT2D eigenvalue weighted by atomic mass is 19.1. The Morgan fingerprint density at radius 2 is 2.21 bits per heavy atom. The zero-order valence-corrected chi connectivity index (χ0v) is 14.8. The van der Waals surface area contributed by atoms with Crippen LogP contribution in [0.15, 0.2) is 28.9 Å². The Kier molecular flexibility index (Phi) is 3.76. The van der Waals surface area contributed by atoms with Crippen LogP contribution in [0, 0.1) is 5.82 Å². The normalized spacial score (nSPS) is 17.9. The zero-order chi connectivity index (χ0) is 20.1. The van der Waals surface area contributed by atoms with E-state index in [4.69, 9.17) is 19.7 Å². The summed E-state index contributed by atoms with van der Waals surface area (Å²) in [5, 5.41) is 10.9. The number of aromatic amines is 1. The van der Waals surface area contributed by atoms with Crippen molar-refractivity contribution in [2.24, 2.45) is 5.73 Å². The van der Waals surface area contributed by atoms with Gasteiger partial charge in [0, 0.05) is 23.6 Å².